The van der Waals surface area contributed by atoms with Crippen LogP contribution >= 0.6 is 0 Å². The third kappa shape index (κ3) is 1.82. The minimum absolute atomic E-state index is 0.177. The molecule has 2 nitrogen and oxygen atoms in total. The van der Waals surface area contributed by atoms with Crippen LogP contribution in [0.1, 0.15) is 19.8 Å². The van der Waals surface area contributed by atoms with E-state index in [9.17, 15) is 0 Å². The van der Waals surface area contributed by atoms with E-state index in [1.165, 1.54) is 6.42 Å². The third-order valence-corrected chi connectivity index (χ3v) is 1.70. The van der Waals surface area contributed by atoms with Crippen molar-refractivity contribution in [2.75, 3.05) is 6.54 Å². The van der Waals surface area contributed by atoms with Gasteiger partial charge in [0.25, 0.3) is 0 Å². The lowest BCUT2D eigenvalue weighted by atomic mass is 10.2. The average Bonchev–Trinajstić information content (AvgIpc) is 2.37. The maximum absolute atomic E-state index is 5.51. The van der Waals surface area contributed by atoms with E-state index in [-0.39, 0.29) is 6.10 Å². The Labute approximate surface area is 62.1 Å². The van der Waals surface area contributed by atoms with Gasteiger partial charge in [0.1, 0.15) is 0 Å². The second kappa shape index (κ2) is 3.74. The smallest absolute Gasteiger partial charge is 0.0887 e. The van der Waals surface area contributed by atoms with Gasteiger partial charge < -0.3 is 10.5 Å². The highest BCUT2D eigenvalue weighted by Crippen LogP contribution is 2.14. The molecule has 0 bridgehead atoms. The van der Waals surface area contributed by atoms with Crippen molar-refractivity contribution in [1.29, 1.82) is 0 Å². The van der Waals surface area contributed by atoms with Gasteiger partial charge >= 0.3 is 0 Å². The molecule has 0 aromatic carbocycles. The zero-order chi connectivity index (χ0) is 7.40. The second-order valence-corrected chi connectivity index (χ2v) is 2.62. The Bertz CT molecular complexity index is 122. The van der Waals surface area contributed by atoms with E-state index in [0.717, 1.165) is 6.42 Å². The molecule has 10 heavy (non-hydrogen) atoms. The molecule has 1 aliphatic heterocycles. The summed E-state index contributed by atoms with van der Waals surface area (Å²) in [5.74, 6) is 0. The van der Waals surface area contributed by atoms with Crippen LogP contribution < -0.4 is 5.73 Å². The van der Waals surface area contributed by atoms with Gasteiger partial charge in [-0.05, 0) is 6.42 Å². The van der Waals surface area contributed by atoms with Gasteiger partial charge in [-0.25, -0.2) is 0 Å². The maximum atomic E-state index is 5.51. The predicted octanol–water partition coefficient (Wildman–Crippen LogP) is 1.07. The number of rotatable bonds is 3. The molecule has 0 unspecified atom stereocenters. The van der Waals surface area contributed by atoms with Crippen molar-refractivity contribution < 1.29 is 4.74 Å². The van der Waals surface area contributed by atoms with Crippen molar-refractivity contribution in [1.82, 2.24) is 0 Å². The van der Waals surface area contributed by atoms with E-state index in [2.05, 4.69) is 19.1 Å². The molecule has 0 aliphatic carbocycles. The van der Waals surface area contributed by atoms with E-state index in [1.807, 2.05) is 0 Å². The first kappa shape index (κ1) is 7.76. The van der Waals surface area contributed by atoms with Gasteiger partial charge in [0.2, 0.25) is 0 Å². The Balaban J connectivity index is 2.24. The van der Waals surface area contributed by atoms with Crippen LogP contribution in [0.5, 0.6) is 0 Å². The molecule has 0 saturated heterocycles. The van der Waals surface area contributed by atoms with Crippen LogP contribution in [-0.4, -0.2) is 18.8 Å². The fourth-order valence-corrected chi connectivity index (χ4v) is 1.15. The molecular formula is C8H15NO. The Hall–Kier alpha value is -0.340. The van der Waals surface area contributed by atoms with Crippen molar-refractivity contribution in [3.8, 4) is 0 Å². The maximum Gasteiger partial charge on any atom is 0.0887 e. The van der Waals surface area contributed by atoms with E-state index in [0.29, 0.717) is 12.6 Å². The molecule has 2 atom stereocenters. The van der Waals surface area contributed by atoms with Gasteiger partial charge in [-0.1, -0.05) is 25.5 Å². The number of hydrogen-bond acceptors (Lipinski definition) is 2. The zero-order valence-electron chi connectivity index (χ0n) is 6.42. The van der Waals surface area contributed by atoms with Crippen LogP contribution in [0.25, 0.3) is 0 Å². The number of hydrogen-bond donors (Lipinski definition) is 1. The molecule has 0 amide bonds. The summed E-state index contributed by atoms with van der Waals surface area (Å²) in [5, 5.41) is 0. The number of nitrogens with two attached hydrogens (primary N) is 1. The SMILES string of the molecule is CCC[C@H]1C=C[C@@H](CN)O1. The monoisotopic (exact) mass is 141 g/mol. The molecule has 0 spiro atoms. The summed E-state index contributed by atoms with van der Waals surface area (Å²) in [6.45, 7) is 2.77. The molecule has 0 aromatic heterocycles. The van der Waals surface area contributed by atoms with Gasteiger partial charge in [-0.3, -0.25) is 0 Å². The summed E-state index contributed by atoms with van der Waals surface area (Å²) < 4.78 is 5.51. The van der Waals surface area contributed by atoms with E-state index < -0.39 is 0 Å². The first-order valence-corrected chi connectivity index (χ1v) is 3.90. The lowest BCUT2D eigenvalue weighted by Crippen LogP contribution is -2.21. The van der Waals surface area contributed by atoms with E-state index in [4.69, 9.17) is 10.5 Å². The fraction of sp³-hybridized carbons (Fsp3) is 0.750. The summed E-state index contributed by atoms with van der Waals surface area (Å²) in [4.78, 5) is 0. The summed E-state index contributed by atoms with van der Waals surface area (Å²) in [6, 6.07) is 0. The fourth-order valence-electron chi connectivity index (χ4n) is 1.15. The van der Waals surface area contributed by atoms with Crippen molar-refractivity contribution in [3.63, 3.8) is 0 Å². The minimum Gasteiger partial charge on any atom is -0.366 e. The van der Waals surface area contributed by atoms with Crippen LogP contribution in [0.15, 0.2) is 12.2 Å². The van der Waals surface area contributed by atoms with Gasteiger partial charge in [0.05, 0.1) is 12.2 Å². The molecule has 1 rings (SSSR count). The first-order valence-electron chi connectivity index (χ1n) is 3.90. The summed E-state index contributed by atoms with van der Waals surface area (Å²) in [7, 11) is 0. The van der Waals surface area contributed by atoms with Crippen LogP contribution in [0.4, 0.5) is 0 Å². The quantitative estimate of drug-likeness (QED) is 0.597. The average molecular weight is 141 g/mol. The highest BCUT2D eigenvalue weighted by atomic mass is 16.5. The van der Waals surface area contributed by atoms with E-state index >= 15 is 0 Å². The van der Waals surface area contributed by atoms with Crippen LogP contribution in [-0.2, 0) is 4.74 Å². The molecule has 0 radical (unpaired) electrons. The lowest BCUT2D eigenvalue weighted by Gasteiger charge is -2.10. The van der Waals surface area contributed by atoms with Crippen LogP contribution in [0.2, 0.25) is 0 Å². The molecular weight excluding hydrogens is 126 g/mol. The first-order chi connectivity index (χ1) is 4.86. The van der Waals surface area contributed by atoms with E-state index in [1.54, 1.807) is 0 Å². The Morgan fingerprint density at radius 2 is 2.10 bits per heavy atom. The lowest BCUT2D eigenvalue weighted by molar-refractivity contribution is 0.0606. The molecule has 1 aliphatic rings. The largest absolute Gasteiger partial charge is 0.366 e. The van der Waals surface area contributed by atoms with Crippen molar-refractivity contribution in [2.24, 2.45) is 5.73 Å². The molecule has 58 valence electrons. The van der Waals surface area contributed by atoms with Gasteiger partial charge in [-0.2, -0.15) is 0 Å². The zero-order valence-corrected chi connectivity index (χ0v) is 6.42. The van der Waals surface area contributed by atoms with Crippen molar-refractivity contribution in [3.05, 3.63) is 12.2 Å². The van der Waals surface area contributed by atoms with Crippen molar-refractivity contribution >= 4 is 0 Å². The second-order valence-electron chi connectivity index (χ2n) is 2.62. The Kier molecular flexibility index (Phi) is 2.90. The molecule has 0 fully saturated rings. The number of ether oxygens (including phenoxy) is 1. The predicted molar refractivity (Wildman–Crippen MR) is 41.8 cm³/mol. The standard InChI is InChI=1S/C8H15NO/c1-2-3-7-4-5-8(6-9)10-7/h4-5,7-8H,2-3,6,9H2,1H3/t7-,8-/m0/s1. The molecule has 0 aromatic rings. The van der Waals surface area contributed by atoms with Gasteiger partial charge in [0.15, 0.2) is 0 Å². The highest BCUT2D eigenvalue weighted by molar-refractivity contribution is 5.02. The summed E-state index contributed by atoms with van der Waals surface area (Å²) in [5.41, 5.74) is 5.42. The molecule has 1 heterocycles. The molecule has 2 N–H and O–H groups in total. The minimum atomic E-state index is 0.177. The highest BCUT2D eigenvalue weighted by Gasteiger charge is 2.15. The van der Waals surface area contributed by atoms with Crippen LogP contribution in [0, 0.1) is 0 Å². The molecule has 0 saturated carbocycles. The van der Waals surface area contributed by atoms with Gasteiger partial charge in [0, 0.05) is 6.54 Å². The normalized spacial score (nSPS) is 31.4. The molecule has 2 heteroatoms. The topological polar surface area (TPSA) is 35.2 Å². The summed E-state index contributed by atoms with van der Waals surface area (Å²) in [6.07, 6.45) is 6.97. The van der Waals surface area contributed by atoms with Crippen LogP contribution in [0.3, 0.4) is 0 Å². The Morgan fingerprint density at radius 3 is 2.60 bits per heavy atom. The van der Waals surface area contributed by atoms with Crippen molar-refractivity contribution in [2.45, 2.75) is 32.0 Å². The third-order valence-electron chi connectivity index (χ3n) is 1.70. The summed E-state index contributed by atoms with van der Waals surface area (Å²) >= 11 is 0. The van der Waals surface area contributed by atoms with Gasteiger partial charge in [-0.15, -0.1) is 0 Å². The Morgan fingerprint density at radius 1 is 1.40 bits per heavy atom.